The molecule has 0 fully saturated rings. The summed E-state index contributed by atoms with van der Waals surface area (Å²) in [6.07, 6.45) is 0. The molecule has 0 saturated carbocycles. The maximum Gasteiger partial charge on any atom is 0.144 e. The summed E-state index contributed by atoms with van der Waals surface area (Å²) >= 11 is 0. The normalized spacial score (nSPS) is 10.5. The van der Waals surface area contributed by atoms with Gasteiger partial charge in [0, 0.05) is 18.8 Å². The molecule has 0 atom stereocenters. The second-order valence-corrected chi connectivity index (χ2v) is 4.76. The molecule has 5 heteroatoms. The van der Waals surface area contributed by atoms with E-state index in [-0.39, 0.29) is 0 Å². The third-order valence-electron chi connectivity index (χ3n) is 2.68. The van der Waals surface area contributed by atoms with Gasteiger partial charge < -0.3 is 15.0 Å². The second kappa shape index (κ2) is 7.72. The van der Waals surface area contributed by atoms with Crippen molar-refractivity contribution < 1.29 is 4.74 Å². The Kier molecular flexibility index (Phi) is 6.26. The van der Waals surface area contributed by atoms with Gasteiger partial charge in [-0.15, -0.1) is 0 Å². The largest absolute Gasteiger partial charge is 0.378 e. The zero-order chi connectivity index (χ0) is 14.3. The highest BCUT2D eigenvalue weighted by Crippen LogP contribution is 2.16. The molecular formula is C14H22N4O. The number of hydrogen-bond acceptors (Lipinski definition) is 5. The summed E-state index contributed by atoms with van der Waals surface area (Å²) in [6.45, 7) is 6.72. The van der Waals surface area contributed by atoms with Crippen molar-refractivity contribution in [1.29, 1.82) is 5.26 Å². The molecule has 104 valence electrons. The molecular weight excluding hydrogens is 240 g/mol. The summed E-state index contributed by atoms with van der Waals surface area (Å²) in [5, 5.41) is 12.3. The maximum absolute atomic E-state index is 9.13. The standard InChI is InChI=1S/C14H22N4O/c1-11-9-12(2)17-14(13(11)10-15)16-5-7-19-8-6-18(3)4/h9H,5-8H2,1-4H3,(H,16,17). The van der Waals surface area contributed by atoms with Gasteiger partial charge in [-0.1, -0.05) is 0 Å². The van der Waals surface area contributed by atoms with Crippen molar-refractivity contribution in [2.75, 3.05) is 45.7 Å². The summed E-state index contributed by atoms with van der Waals surface area (Å²) in [6, 6.07) is 4.10. The van der Waals surface area contributed by atoms with Crippen LogP contribution in [0.4, 0.5) is 5.82 Å². The first-order valence-corrected chi connectivity index (χ1v) is 6.39. The van der Waals surface area contributed by atoms with Crippen LogP contribution in [0.2, 0.25) is 0 Å². The Morgan fingerprint density at radius 3 is 2.74 bits per heavy atom. The van der Waals surface area contributed by atoms with Gasteiger partial charge in [0.25, 0.3) is 0 Å². The van der Waals surface area contributed by atoms with Crippen molar-refractivity contribution in [2.45, 2.75) is 13.8 Å². The molecule has 0 spiro atoms. The zero-order valence-corrected chi connectivity index (χ0v) is 12.2. The lowest BCUT2D eigenvalue weighted by molar-refractivity contribution is 0.126. The third kappa shape index (κ3) is 5.25. The molecule has 0 unspecified atom stereocenters. The van der Waals surface area contributed by atoms with Crippen LogP contribution in [-0.4, -0.2) is 50.3 Å². The lowest BCUT2D eigenvalue weighted by Gasteiger charge is -2.12. The van der Waals surface area contributed by atoms with Gasteiger partial charge in [-0.25, -0.2) is 4.98 Å². The smallest absolute Gasteiger partial charge is 0.144 e. The topological polar surface area (TPSA) is 61.2 Å². The molecule has 1 N–H and O–H groups in total. The number of anilines is 1. The quantitative estimate of drug-likeness (QED) is 0.756. The number of aryl methyl sites for hydroxylation is 2. The monoisotopic (exact) mass is 262 g/mol. The van der Waals surface area contributed by atoms with Gasteiger partial charge in [0.2, 0.25) is 0 Å². The average Bonchev–Trinajstić information content (AvgIpc) is 2.32. The highest BCUT2D eigenvalue weighted by atomic mass is 16.5. The Morgan fingerprint density at radius 1 is 1.37 bits per heavy atom. The van der Waals surface area contributed by atoms with Crippen LogP contribution in [0, 0.1) is 25.2 Å². The van der Waals surface area contributed by atoms with E-state index in [2.05, 4.69) is 21.3 Å². The van der Waals surface area contributed by atoms with E-state index in [4.69, 9.17) is 10.00 Å². The molecule has 1 rings (SSSR count). The van der Waals surface area contributed by atoms with Gasteiger partial charge >= 0.3 is 0 Å². The molecule has 5 nitrogen and oxygen atoms in total. The zero-order valence-electron chi connectivity index (χ0n) is 12.2. The van der Waals surface area contributed by atoms with Gasteiger partial charge in [-0.3, -0.25) is 0 Å². The molecule has 19 heavy (non-hydrogen) atoms. The fourth-order valence-corrected chi connectivity index (χ4v) is 1.70. The van der Waals surface area contributed by atoms with Crippen LogP contribution < -0.4 is 5.32 Å². The summed E-state index contributed by atoms with van der Waals surface area (Å²) in [5.74, 6) is 0.649. The summed E-state index contributed by atoms with van der Waals surface area (Å²) in [7, 11) is 4.03. The first-order valence-electron chi connectivity index (χ1n) is 6.39. The Morgan fingerprint density at radius 2 is 2.11 bits per heavy atom. The second-order valence-electron chi connectivity index (χ2n) is 4.76. The molecule has 0 bridgehead atoms. The number of pyridine rings is 1. The predicted molar refractivity (Wildman–Crippen MR) is 76.3 cm³/mol. The number of rotatable bonds is 7. The van der Waals surface area contributed by atoms with Gasteiger partial charge in [0.1, 0.15) is 11.9 Å². The van der Waals surface area contributed by atoms with Crippen molar-refractivity contribution in [3.8, 4) is 6.07 Å². The molecule has 1 heterocycles. The number of likely N-dealkylation sites (N-methyl/N-ethyl adjacent to an activating group) is 1. The fraction of sp³-hybridized carbons (Fsp3) is 0.571. The van der Waals surface area contributed by atoms with Gasteiger partial charge in [-0.2, -0.15) is 5.26 Å². The van der Waals surface area contributed by atoms with Crippen LogP contribution in [-0.2, 0) is 4.74 Å². The molecule has 0 amide bonds. The van der Waals surface area contributed by atoms with Crippen LogP contribution >= 0.6 is 0 Å². The van der Waals surface area contributed by atoms with E-state index in [0.29, 0.717) is 31.1 Å². The number of nitrogens with one attached hydrogen (secondary N) is 1. The number of hydrogen-bond donors (Lipinski definition) is 1. The number of ether oxygens (including phenoxy) is 1. The molecule has 0 aliphatic carbocycles. The van der Waals surface area contributed by atoms with Crippen molar-refractivity contribution in [3.05, 3.63) is 22.9 Å². The molecule has 0 aliphatic heterocycles. The Balaban J connectivity index is 2.43. The first-order chi connectivity index (χ1) is 9.04. The Labute approximate surface area is 115 Å². The summed E-state index contributed by atoms with van der Waals surface area (Å²) in [4.78, 5) is 6.43. The molecule has 1 aromatic heterocycles. The minimum atomic E-state index is 0.605. The maximum atomic E-state index is 9.13. The van der Waals surface area contributed by atoms with E-state index >= 15 is 0 Å². The van der Waals surface area contributed by atoms with Crippen LogP contribution in [0.1, 0.15) is 16.8 Å². The number of nitriles is 1. The highest BCUT2D eigenvalue weighted by Gasteiger charge is 2.07. The van der Waals surface area contributed by atoms with E-state index in [1.165, 1.54) is 0 Å². The van der Waals surface area contributed by atoms with Crippen LogP contribution in [0.15, 0.2) is 6.07 Å². The minimum absolute atomic E-state index is 0.605. The minimum Gasteiger partial charge on any atom is -0.378 e. The van der Waals surface area contributed by atoms with Crippen molar-refractivity contribution in [2.24, 2.45) is 0 Å². The Hall–Kier alpha value is -1.64. The van der Waals surface area contributed by atoms with Crippen molar-refractivity contribution in [3.63, 3.8) is 0 Å². The summed E-state index contributed by atoms with van der Waals surface area (Å²) < 4.78 is 5.49. The Bertz CT molecular complexity index is 451. The van der Waals surface area contributed by atoms with Gasteiger partial charge in [0.05, 0.1) is 18.8 Å². The lowest BCUT2D eigenvalue weighted by atomic mass is 10.1. The van der Waals surface area contributed by atoms with Gasteiger partial charge in [0.15, 0.2) is 0 Å². The van der Waals surface area contributed by atoms with E-state index in [0.717, 1.165) is 17.8 Å². The highest BCUT2D eigenvalue weighted by molar-refractivity contribution is 5.56. The third-order valence-corrected chi connectivity index (χ3v) is 2.68. The van der Waals surface area contributed by atoms with Crippen LogP contribution in [0.5, 0.6) is 0 Å². The molecule has 0 aromatic carbocycles. The summed E-state index contributed by atoms with van der Waals surface area (Å²) in [5.41, 5.74) is 2.47. The van der Waals surface area contributed by atoms with Crippen LogP contribution in [0.25, 0.3) is 0 Å². The van der Waals surface area contributed by atoms with Crippen LogP contribution in [0.3, 0.4) is 0 Å². The lowest BCUT2D eigenvalue weighted by Crippen LogP contribution is -2.20. The van der Waals surface area contributed by atoms with Crippen molar-refractivity contribution >= 4 is 5.82 Å². The first kappa shape index (κ1) is 15.4. The van der Waals surface area contributed by atoms with E-state index < -0.39 is 0 Å². The van der Waals surface area contributed by atoms with Gasteiger partial charge in [-0.05, 0) is 39.6 Å². The number of nitrogens with zero attached hydrogens (tertiary/aromatic N) is 3. The van der Waals surface area contributed by atoms with Crippen molar-refractivity contribution in [1.82, 2.24) is 9.88 Å². The SMILES string of the molecule is Cc1cc(C)c(C#N)c(NCCOCCN(C)C)n1. The number of aromatic nitrogens is 1. The van der Waals surface area contributed by atoms with E-state index in [9.17, 15) is 0 Å². The van der Waals surface area contributed by atoms with E-state index in [1.54, 1.807) is 0 Å². The molecule has 0 radical (unpaired) electrons. The predicted octanol–water partition coefficient (Wildman–Crippen LogP) is 1.56. The fourth-order valence-electron chi connectivity index (χ4n) is 1.70. The average molecular weight is 262 g/mol. The molecule has 0 aliphatic rings. The molecule has 0 saturated heterocycles. The van der Waals surface area contributed by atoms with E-state index in [1.807, 2.05) is 34.0 Å². The molecule has 1 aromatic rings.